The number of aromatic nitrogens is 3. The molecule has 1 atom stereocenters. The van der Waals surface area contributed by atoms with Gasteiger partial charge in [-0.15, -0.1) is 0 Å². The van der Waals surface area contributed by atoms with E-state index < -0.39 is 6.09 Å². The molecule has 0 aliphatic carbocycles. The van der Waals surface area contributed by atoms with Crippen LogP contribution in [-0.4, -0.2) is 56.4 Å². The second kappa shape index (κ2) is 10.3. The number of benzene rings is 1. The third-order valence-corrected chi connectivity index (χ3v) is 5.87. The standard InChI is InChI=1S/C24H27ClN6O4/c1-14(2)35-24(34)28-18-10-26-22-29-21(13-31(22)12-18)19-9-17(4-5-20(19)25)27-23(33)30-7-6-16(11-30)8-15(3)32/h4-5,9-10,12-14,16H,6-8,11H2,1-3H3,(H,27,33)(H,28,34)/t16-/m0/s1. The Balaban J connectivity index is 1.49. The van der Waals surface area contributed by atoms with Crippen molar-refractivity contribution in [2.75, 3.05) is 23.7 Å². The van der Waals surface area contributed by atoms with Gasteiger partial charge in [-0.25, -0.2) is 19.6 Å². The fourth-order valence-electron chi connectivity index (χ4n) is 4.03. The van der Waals surface area contributed by atoms with E-state index in [0.29, 0.717) is 52.9 Å². The number of amides is 3. The van der Waals surface area contributed by atoms with Gasteiger partial charge >= 0.3 is 12.1 Å². The Hall–Kier alpha value is -3.66. The average molecular weight is 499 g/mol. The molecule has 4 rings (SSSR count). The van der Waals surface area contributed by atoms with Crippen LogP contribution in [-0.2, 0) is 9.53 Å². The summed E-state index contributed by atoms with van der Waals surface area (Å²) in [6.07, 6.45) is 5.40. The van der Waals surface area contributed by atoms with E-state index in [1.54, 1.807) is 60.7 Å². The molecule has 3 amide bonds. The van der Waals surface area contributed by atoms with Crippen molar-refractivity contribution in [1.29, 1.82) is 0 Å². The lowest BCUT2D eigenvalue weighted by Gasteiger charge is -2.17. The molecule has 10 nitrogen and oxygen atoms in total. The molecule has 0 spiro atoms. The van der Waals surface area contributed by atoms with E-state index in [9.17, 15) is 14.4 Å². The minimum absolute atomic E-state index is 0.139. The van der Waals surface area contributed by atoms with Crippen LogP contribution in [0.1, 0.15) is 33.6 Å². The lowest BCUT2D eigenvalue weighted by Crippen LogP contribution is -2.33. The van der Waals surface area contributed by atoms with Crippen molar-refractivity contribution in [3.05, 3.63) is 41.8 Å². The maximum absolute atomic E-state index is 12.7. The minimum atomic E-state index is -0.571. The van der Waals surface area contributed by atoms with Crippen LogP contribution in [0.3, 0.4) is 0 Å². The molecule has 1 aliphatic rings. The molecule has 0 bridgehead atoms. The molecule has 1 aromatic carbocycles. The van der Waals surface area contributed by atoms with E-state index in [2.05, 4.69) is 20.6 Å². The van der Waals surface area contributed by atoms with E-state index >= 15 is 0 Å². The number of nitrogens with zero attached hydrogens (tertiary/aromatic N) is 4. The number of halogens is 1. The number of hydrogen-bond acceptors (Lipinski definition) is 6. The largest absolute Gasteiger partial charge is 0.447 e. The first-order valence-electron chi connectivity index (χ1n) is 11.4. The van der Waals surface area contributed by atoms with E-state index in [0.717, 1.165) is 6.42 Å². The van der Waals surface area contributed by atoms with E-state index in [-0.39, 0.29) is 23.8 Å². The molecule has 35 heavy (non-hydrogen) atoms. The van der Waals surface area contributed by atoms with Gasteiger partial charge in [-0.2, -0.15) is 0 Å². The summed E-state index contributed by atoms with van der Waals surface area (Å²) >= 11 is 6.44. The first-order chi connectivity index (χ1) is 16.7. The van der Waals surface area contributed by atoms with Gasteiger partial charge in [0.15, 0.2) is 0 Å². The number of hydrogen-bond donors (Lipinski definition) is 2. The van der Waals surface area contributed by atoms with Crippen LogP contribution in [0.5, 0.6) is 0 Å². The van der Waals surface area contributed by atoms with Crippen LogP contribution < -0.4 is 10.6 Å². The molecule has 3 heterocycles. The summed E-state index contributed by atoms with van der Waals surface area (Å²) in [4.78, 5) is 46.5. The number of anilines is 2. The fraction of sp³-hybridized carbons (Fsp3) is 0.375. The maximum atomic E-state index is 12.7. The van der Waals surface area contributed by atoms with Crippen LogP contribution in [0, 0.1) is 5.92 Å². The number of carbonyl (C=O) groups excluding carboxylic acids is 3. The quantitative estimate of drug-likeness (QED) is 0.502. The second-order valence-electron chi connectivity index (χ2n) is 8.89. The number of ketones is 1. The van der Waals surface area contributed by atoms with Gasteiger partial charge in [0.25, 0.3) is 0 Å². The van der Waals surface area contributed by atoms with Crippen molar-refractivity contribution in [3.8, 4) is 11.3 Å². The van der Waals surface area contributed by atoms with Crippen molar-refractivity contribution >= 4 is 46.7 Å². The molecule has 3 aromatic rings. The van der Waals surface area contributed by atoms with Gasteiger partial charge in [0.1, 0.15) is 5.78 Å². The Labute approximate surface area is 207 Å². The molecule has 1 fully saturated rings. The van der Waals surface area contributed by atoms with Gasteiger partial charge in [-0.1, -0.05) is 11.6 Å². The number of ether oxygens (including phenoxy) is 1. The molecule has 2 N–H and O–H groups in total. The highest BCUT2D eigenvalue weighted by molar-refractivity contribution is 6.33. The van der Waals surface area contributed by atoms with Crippen molar-refractivity contribution in [2.24, 2.45) is 5.92 Å². The zero-order valence-corrected chi connectivity index (χ0v) is 20.5. The number of carbonyl (C=O) groups is 3. The number of fused-ring (bicyclic) bond motifs is 1. The van der Waals surface area contributed by atoms with Crippen LogP contribution in [0.2, 0.25) is 5.02 Å². The topological polar surface area (TPSA) is 118 Å². The molecule has 0 radical (unpaired) electrons. The lowest BCUT2D eigenvalue weighted by molar-refractivity contribution is -0.117. The molecular formula is C24H27ClN6O4. The van der Waals surface area contributed by atoms with Gasteiger partial charge in [-0.05, 0) is 51.3 Å². The Morgan fingerprint density at radius 2 is 2.00 bits per heavy atom. The van der Waals surface area contributed by atoms with E-state index in [1.165, 1.54) is 6.20 Å². The molecule has 0 saturated carbocycles. The van der Waals surface area contributed by atoms with E-state index in [4.69, 9.17) is 16.3 Å². The van der Waals surface area contributed by atoms with Crippen LogP contribution in [0.4, 0.5) is 21.0 Å². The van der Waals surface area contributed by atoms with Crippen molar-refractivity contribution in [1.82, 2.24) is 19.3 Å². The Morgan fingerprint density at radius 1 is 1.20 bits per heavy atom. The molecule has 1 saturated heterocycles. The Bertz CT molecular complexity index is 1270. The van der Waals surface area contributed by atoms with Gasteiger partial charge in [0.2, 0.25) is 5.78 Å². The monoisotopic (exact) mass is 498 g/mol. The summed E-state index contributed by atoms with van der Waals surface area (Å²) in [5, 5.41) is 6.00. The fourth-order valence-corrected chi connectivity index (χ4v) is 4.25. The Kier molecular flexibility index (Phi) is 7.20. The number of urea groups is 1. The van der Waals surface area contributed by atoms with Gasteiger partial charge in [-0.3, -0.25) is 9.72 Å². The van der Waals surface area contributed by atoms with Crippen molar-refractivity contribution in [2.45, 2.75) is 39.7 Å². The first kappa shape index (κ1) is 24.5. The summed E-state index contributed by atoms with van der Waals surface area (Å²) in [6.45, 7) is 6.28. The van der Waals surface area contributed by atoms with Crippen molar-refractivity contribution < 1.29 is 19.1 Å². The highest BCUT2D eigenvalue weighted by Crippen LogP contribution is 2.31. The van der Waals surface area contributed by atoms with Gasteiger partial charge < -0.3 is 19.7 Å². The third kappa shape index (κ3) is 6.07. The number of imidazole rings is 1. The number of Topliss-reactive ketones (excluding diaryl/α,β-unsaturated/α-hetero) is 1. The summed E-state index contributed by atoms with van der Waals surface area (Å²) < 4.78 is 6.76. The number of rotatable bonds is 6. The molecule has 1 aliphatic heterocycles. The smallest absolute Gasteiger partial charge is 0.411 e. The molecule has 0 unspecified atom stereocenters. The molecule has 184 valence electrons. The number of nitrogens with one attached hydrogen (secondary N) is 2. The number of likely N-dealkylation sites (tertiary alicyclic amines) is 1. The summed E-state index contributed by atoms with van der Waals surface area (Å²) in [6, 6.07) is 4.96. The Morgan fingerprint density at radius 3 is 2.74 bits per heavy atom. The predicted molar refractivity (Wildman–Crippen MR) is 133 cm³/mol. The first-order valence-corrected chi connectivity index (χ1v) is 11.7. The minimum Gasteiger partial charge on any atom is -0.447 e. The van der Waals surface area contributed by atoms with Crippen LogP contribution >= 0.6 is 11.6 Å². The molecule has 11 heteroatoms. The summed E-state index contributed by atoms with van der Waals surface area (Å²) in [5.41, 5.74) is 2.21. The molecular weight excluding hydrogens is 472 g/mol. The zero-order chi connectivity index (χ0) is 25.1. The van der Waals surface area contributed by atoms with Gasteiger partial charge in [0.05, 0.1) is 28.7 Å². The second-order valence-corrected chi connectivity index (χ2v) is 9.29. The van der Waals surface area contributed by atoms with Crippen LogP contribution in [0.15, 0.2) is 36.8 Å². The van der Waals surface area contributed by atoms with Crippen molar-refractivity contribution in [3.63, 3.8) is 0 Å². The normalized spacial score (nSPS) is 15.5. The van der Waals surface area contributed by atoms with Gasteiger partial charge in [0, 0.05) is 43.2 Å². The molecule has 2 aromatic heterocycles. The highest BCUT2D eigenvalue weighted by Gasteiger charge is 2.27. The maximum Gasteiger partial charge on any atom is 0.411 e. The van der Waals surface area contributed by atoms with Crippen LogP contribution in [0.25, 0.3) is 17.0 Å². The predicted octanol–water partition coefficient (Wildman–Crippen LogP) is 4.84. The third-order valence-electron chi connectivity index (χ3n) is 5.54. The summed E-state index contributed by atoms with van der Waals surface area (Å²) in [7, 11) is 0. The lowest BCUT2D eigenvalue weighted by atomic mass is 10.0. The average Bonchev–Trinajstić information content (AvgIpc) is 3.40. The summed E-state index contributed by atoms with van der Waals surface area (Å²) in [5.74, 6) is 0.762. The van der Waals surface area contributed by atoms with E-state index in [1.807, 2.05) is 0 Å². The zero-order valence-electron chi connectivity index (χ0n) is 19.7. The highest BCUT2D eigenvalue weighted by atomic mass is 35.5. The SMILES string of the molecule is CC(=O)C[C@@H]1CCN(C(=O)Nc2ccc(Cl)c(-c3cn4cc(NC(=O)OC(C)C)cnc4n3)c2)C1.